The number of ether oxygens (including phenoxy) is 1. The predicted octanol–water partition coefficient (Wildman–Crippen LogP) is 2.10. The second-order valence-electron chi connectivity index (χ2n) is 4.28. The molecule has 0 saturated heterocycles. The van der Waals surface area contributed by atoms with E-state index in [1.165, 1.54) is 13.2 Å². The number of anilines is 1. The van der Waals surface area contributed by atoms with Gasteiger partial charge in [0, 0.05) is 11.8 Å². The normalized spacial score (nSPS) is 10.5. The molecule has 0 atom stereocenters. The van der Waals surface area contributed by atoms with Crippen molar-refractivity contribution in [2.75, 3.05) is 12.8 Å². The summed E-state index contributed by atoms with van der Waals surface area (Å²) in [7, 11) is 1.47. The van der Waals surface area contributed by atoms with Gasteiger partial charge in [0.25, 0.3) is 5.89 Å². The third-order valence-electron chi connectivity index (χ3n) is 2.90. The fourth-order valence-corrected chi connectivity index (χ4v) is 1.81. The van der Waals surface area contributed by atoms with Crippen molar-refractivity contribution in [3.05, 3.63) is 36.5 Å². The maximum Gasteiger partial charge on any atom is 0.259 e. The molecule has 3 rings (SSSR count). The molecule has 21 heavy (non-hydrogen) atoms. The minimum Gasteiger partial charge on any atom is -0.504 e. The molecular formula is C14H12N4O3. The van der Waals surface area contributed by atoms with Gasteiger partial charge in [-0.2, -0.15) is 4.98 Å². The first-order valence-corrected chi connectivity index (χ1v) is 6.10. The number of benzene rings is 1. The number of hydrogen-bond donors (Lipinski definition) is 2. The maximum absolute atomic E-state index is 9.58. The summed E-state index contributed by atoms with van der Waals surface area (Å²) < 4.78 is 10.3. The lowest BCUT2D eigenvalue weighted by atomic mass is 10.2. The van der Waals surface area contributed by atoms with Crippen LogP contribution in [0.4, 0.5) is 5.82 Å². The highest BCUT2D eigenvalue weighted by molar-refractivity contribution is 5.63. The average molecular weight is 284 g/mol. The highest BCUT2D eigenvalue weighted by atomic mass is 16.5. The van der Waals surface area contributed by atoms with E-state index >= 15 is 0 Å². The molecular weight excluding hydrogens is 272 g/mol. The summed E-state index contributed by atoms with van der Waals surface area (Å²) in [6, 6.07) is 8.22. The number of phenolic OH excluding ortho intramolecular Hbond substituents is 1. The van der Waals surface area contributed by atoms with E-state index in [0.29, 0.717) is 34.4 Å². The number of aromatic nitrogens is 3. The van der Waals surface area contributed by atoms with Crippen LogP contribution < -0.4 is 10.5 Å². The van der Waals surface area contributed by atoms with Gasteiger partial charge in [-0.25, -0.2) is 4.98 Å². The molecule has 7 nitrogen and oxygen atoms in total. The molecule has 3 N–H and O–H groups in total. The van der Waals surface area contributed by atoms with Crippen molar-refractivity contribution in [3.8, 4) is 34.3 Å². The molecule has 2 aromatic heterocycles. The Kier molecular flexibility index (Phi) is 3.15. The Hall–Kier alpha value is -3.09. The Labute approximate surface area is 120 Å². The quantitative estimate of drug-likeness (QED) is 0.758. The van der Waals surface area contributed by atoms with Gasteiger partial charge in [-0.1, -0.05) is 5.16 Å². The van der Waals surface area contributed by atoms with E-state index in [1.54, 1.807) is 30.5 Å². The zero-order valence-corrected chi connectivity index (χ0v) is 11.1. The molecule has 7 heteroatoms. The van der Waals surface area contributed by atoms with Gasteiger partial charge in [0.1, 0.15) is 5.82 Å². The Morgan fingerprint density at radius 3 is 2.71 bits per heavy atom. The predicted molar refractivity (Wildman–Crippen MR) is 75.6 cm³/mol. The van der Waals surface area contributed by atoms with Gasteiger partial charge < -0.3 is 20.1 Å². The van der Waals surface area contributed by atoms with E-state index in [4.69, 9.17) is 15.0 Å². The number of aromatic hydroxyl groups is 1. The van der Waals surface area contributed by atoms with Crippen LogP contribution >= 0.6 is 0 Å². The number of methoxy groups -OCH3 is 1. The van der Waals surface area contributed by atoms with E-state index < -0.39 is 0 Å². The topological polar surface area (TPSA) is 107 Å². The number of hydrogen-bond acceptors (Lipinski definition) is 7. The standard InChI is InChI=1S/C14H12N4O3/c1-20-11-6-8(2-4-10(11)19)13-17-14(21-18-13)9-3-5-12(15)16-7-9/h2-7,19H,1H3,(H2,15,16). The fourth-order valence-electron chi connectivity index (χ4n) is 1.81. The van der Waals surface area contributed by atoms with E-state index in [0.717, 1.165) is 0 Å². The van der Waals surface area contributed by atoms with Gasteiger partial charge in [0.2, 0.25) is 5.82 Å². The average Bonchev–Trinajstić information content (AvgIpc) is 2.98. The molecule has 106 valence electrons. The van der Waals surface area contributed by atoms with Crippen LogP contribution in [0.2, 0.25) is 0 Å². The van der Waals surface area contributed by atoms with Crippen molar-refractivity contribution in [2.45, 2.75) is 0 Å². The smallest absolute Gasteiger partial charge is 0.259 e. The first-order valence-electron chi connectivity index (χ1n) is 6.10. The van der Waals surface area contributed by atoms with Gasteiger partial charge >= 0.3 is 0 Å². The largest absolute Gasteiger partial charge is 0.504 e. The van der Waals surface area contributed by atoms with Crippen LogP contribution in [-0.4, -0.2) is 27.3 Å². The first-order chi connectivity index (χ1) is 10.2. The van der Waals surface area contributed by atoms with Crippen LogP contribution in [0.15, 0.2) is 41.1 Å². The summed E-state index contributed by atoms with van der Waals surface area (Å²) in [4.78, 5) is 8.26. The Morgan fingerprint density at radius 1 is 1.19 bits per heavy atom. The highest BCUT2D eigenvalue weighted by Crippen LogP contribution is 2.31. The van der Waals surface area contributed by atoms with Crippen LogP contribution in [0.1, 0.15) is 0 Å². The summed E-state index contributed by atoms with van der Waals surface area (Å²) in [6.45, 7) is 0. The van der Waals surface area contributed by atoms with Crippen molar-refractivity contribution in [3.63, 3.8) is 0 Å². The second-order valence-corrected chi connectivity index (χ2v) is 4.28. The molecule has 0 saturated carbocycles. The summed E-state index contributed by atoms with van der Waals surface area (Å²) >= 11 is 0. The van der Waals surface area contributed by atoms with Crippen molar-refractivity contribution in [2.24, 2.45) is 0 Å². The third-order valence-corrected chi connectivity index (χ3v) is 2.90. The van der Waals surface area contributed by atoms with Gasteiger partial charge in [-0.15, -0.1) is 0 Å². The number of phenols is 1. The first kappa shape index (κ1) is 12.9. The molecule has 1 aromatic carbocycles. The molecule has 2 heterocycles. The van der Waals surface area contributed by atoms with Gasteiger partial charge in [-0.05, 0) is 30.3 Å². The van der Waals surface area contributed by atoms with E-state index in [1.807, 2.05) is 0 Å². The zero-order valence-electron chi connectivity index (χ0n) is 11.1. The summed E-state index contributed by atoms with van der Waals surface area (Å²) in [5, 5.41) is 13.5. The molecule has 0 aliphatic rings. The monoisotopic (exact) mass is 284 g/mol. The summed E-state index contributed by atoms with van der Waals surface area (Å²) in [5.74, 6) is 1.53. The molecule has 0 unspecified atom stereocenters. The van der Waals surface area contributed by atoms with Crippen LogP contribution in [0.25, 0.3) is 22.8 Å². The Morgan fingerprint density at radius 2 is 2.00 bits per heavy atom. The minimum absolute atomic E-state index is 0.0488. The van der Waals surface area contributed by atoms with Gasteiger partial charge in [-0.3, -0.25) is 0 Å². The second kappa shape index (κ2) is 5.12. The number of nitrogens with two attached hydrogens (primary N) is 1. The molecule has 0 spiro atoms. The molecule has 0 bridgehead atoms. The molecule has 3 aromatic rings. The summed E-state index contributed by atoms with van der Waals surface area (Å²) in [5.41, 5.74) is 6.88. The molecule has 0 amide bonds. The Balaban J connectivity index is 1.96. The van der Waals surface area contributed by atoms with Crippen molar-refractivity contribution < 1.29 is 14.4 Å². The lowest BCUT2D eigenvalue weighted by molar-refractivity contribution is 0.373. The van der Waals surface area contributed by atoms with Crippen molar-refractivity contribution in [1.82, 2.24) is 15.1 Å². The molecule has 0 aliphatic heterocycles. The minimum atomic E-state index is 0.0488. The van der Waals surface area contributed by atoms with Crippen LogP contribution in [0.3, 0.4) is 0 Å². The Bertz CT molecular complexity index is 768. The van der Waals surface area contributed by atoms with E-state index in [-0.39, 0.29) is 5.75 Å². The lowest BCUT2D eigenvalue weighted by Crippen LogP contribution is -1.89. The van der Waals surface area contributed by atoms with Crippen molar-refractivity contribution in [1.29, 1.82) is 0 Å². The molecule has 0 fully saturated rings. The zero-order chi connectivity index (χ0) is 14.8. The number of nitrogen functional groups attached to an aromatic ring is 1. The fraction of sp³-hybridized carbons (Fsp3) is 0.0714. The van der Waals surface area contributed by atoms with E-state index in [2.05, 4.69) is 15.1 Å². The number of pyridine rings is 1. The number of nitrogens with zero attached hydrogens (tertiary/aromatic N) is 3. The molecule has 0 aliphatic carbocycles. The van der Waals surface area contributed by atoms with Gasteiger partial charge in [0.15, 0.2) is 11.5 Å². The SMILES string of the molecule is COc1cc(-c2noc(-c3ccc(N)nc3)n2)ccc1O. The lowest BCUT2D eigenvalue weighted by Gasteiger charge is -2.03. The van der Waals surface area contributed by atoms with E-state index in [9.17, 15) is 5.11 Å². The van der Waals surface area contributed by atoms with Crippen LogP contribution in [-0.2, 0) is 0 Å². The van der Waals surface area contributed by atoms with Crippen molar-refractivity contribution >= 4 is 5.82 Å². The van der Waals surface area contributed by atoms with Crippen LogP contribution in [0, 0.1) is 0 Å². The van der Waals surface area contributed by atoms with Gasteiger partial charge in [0.05, 0.1) is 12.7 Å². The molecule has 0 radical (unpaired) electrons. The third kappa shape index (κ3) is 2.48. The van der Waals surface area contributed by atoms with Crippen LogP contribution in [0.5, 0.6) is 11.5 Å². The number of rotatable bonds is 3. The summed E-state index contributed by atoms with van der Waals surface area (Å²) in [6.07, 6.45) is 1.56. The highest BCUT2D eigenvalue weighted by Gasteiger charge is 2.12. The maximum atomic E-state index is 9.58.